The third kappa shape index (κ3) is 4.54. The Morgan fingerprint density at radius 2 is 1.71 bits per heavy atom. The zero-order valence-corrected chi connectivity index (χ0v) is 16.9. The van der Waals surface area contributed by atoms with Gasteiger partial charge >= 0.3 is 5.97 Å². The molecule has 0 aromatic heterocycles. The second kappa shape index (κ2) is 8.75. The molecule has 1 saturated heterocycles. The van der Waals surface area contributed by atoms with E-state index < -0.39 is 10.0 Å². The second-order valence-electron chi connectivity index (χ2n) is 6.77. The molecule has 1 heterocycles. The highest BCUT2D eigenvalue weighted by atomic mass is 32.2. The van der Waals surface area contributed by atoms with Crippen molar-refractivity contribution in [3.05, 3.63) is 54.1 Å². The molecule has 7 heteroatoms. The summed E-state index contributed by atoms with van der Waals surface area (Å²) in [5.41, 5.74) is 0.895. The fourth-order valence-electron chi connectivity index (χ4n) is 3.22. The van der Waals surface area contributed by atoms with Crippen LogP contribution in [0, 0.1) is 12.8 Å². The van der Waals surface area contributed by atoms with E-state index in [-0.39, 0.29) is 16.8 Å². The van der Waals surface area contributed by atoms with E-state index >= 15 is 0 Å². The Morgan fingerprint density at radius 3 is 2.32 bits per heavy atom. The number of carbonyl (C=O) groups excluding carboxylic acids is 1. The lowest BCUT2D eigenvalue weighted by Gasteiger charge is -2.30. The summed E-state index contributed by atoms with van der Waals surface area (Å²) in [6.45, 7) is 4.87. The number of esters is 1. The number of hydrogen-bond donors (Lipinski definition) is 0. The van der Waals surface area contributed by atoms with Crippen LogP contribution in [0.5, 0.6) is 11.5 Å². The van der Waals surface area contributed by atoms with E-state index in [1.165, 1.54) is 4.31 Å². The summed E-state index contributed by atoms with van der Waals surface area (Å²) >= 11 is 0. The minimum atomic E-state index is -3.58. The van der Waals surface area contributed by atoms with Crippen LogP contribution in [0.2, 0.25) is 0 Å². The van der Waals surface area contributed by atoms with E-state index in [0.717, 1.165) is 5.56 Å². The molecule has 0 unspecified atom stereocenters. The first-order valence-corrected chi connectivity index (χ1v) is 10.9. The van der Waals surface area contributed by atoms with Gasteiger partial charge < -0.3 is 9.47 Å². The molecule has 0 bridgehead atoms. The van der Waals surface area contributed by atoms with Crippen molar-refractivity contribution >= 4 is 16.0 Å². The fraction of sp³-hybridized carbons (Fsp3) is 0.381. The number of ether oxygens (including phenoxy) is 2. The minimum absolute atomic E-state index is 0.233. The largest absolute Gasteiger partial charge is 0.494 e. The molecule has 0 N–H and O–H groups in total. The third-order valence-electron chi connectivity index (χ3n) is 4.86. The molecule has 0 spiro atoms. The Morgan fingerprint density at radius 1 is 1.07 bits per heavy atom. The molecule has 28 heavy (non-hydrogen) atoms. The molecule has 150 valence electrons. The first-order chi connectivity index (χ1) is 13.4. The van der Waals surface area contributed by atoms with Crippen molar-refractivity contribution in [1.82, 2.24) is 4.31 Å². The molecule has 2 aromatic carbocycles. The highest BCUT2D eigenvalue weighted by Crippen LogP contribution is 2.27. The van der Waals surface area contributed by atoms with Crippen LogP contribution in [0.15, 0.2) is 53.4 Å². The summed E-state index contributed by atoms with van der Waals surface area (Å²) in [6, 6.07) is 13.8. The number of hydrogen-bond acceptors (Lipinski definition) is 5. The lowest BCUT2D eigenvalue weighted by atomic mass is 9.98. The highest BCUT2D eigenvalue weighted by Gasteiger charge is 2.33. The molecule has 2 aromatic rings. The number of carbonyl (C=O) groups is 1. The number of rotatable bonds is 6. The van der Waals surface area contributed by atoms with Gasteiger partial charge in [0.1, 0.15) is 11.5 Å². The second-order valence-corrected chi connectivity index (χ2v) is 8.71. The molecule has 1 fully saturated rings. The Kier molecular flexibility index (Phi) is 6.36. The topological polar surface area (TPSA) is 72.9 Å². The van der Waals surface area contributed by atoms with Crippen molar-refractivity contribution < 1.29 is 22.7 Å². The van der Waals surface area contributed by atoms with Gasteiger partial charge in [0, 0.05) is 13.1 Å². The lowest BCUT2D eigenvalue weighted by molar-refractivity contribution is -0.140. The van der Waals surface area contributed by atoms with Crippen molar-refractivity contribution in [2.75, 3.05) is 19.7 Å². The summed E-state index contributed by atoms with van der Waals surface area (Å²) in [5, 5.41) is 0. The van der Waals surface area contributed by atoms with E-state index in [2.05, 4.69) is 0 Å². The summed E-state index contributed by atoms with van der Waals surface area (Å²) in [7, 11) is -3.58. The monoisotopic (exact) mass is 403 g/mol. The maximum absolute atomic E-state index is 12.8. The quantitative estimate of drug-likeness (QED) is 0.546. The summed E-state index contributed by atoms with van der Waals surface area (Å²) in [5.74, 6) is 0.592. The van der Waals surface area contributed by atoms with Gasteiger partial charge in [-0.2, -0.15) is 4.31 Å². The molecule has 3 rings (SSSR count). The van der Waals surface area contributed by atoms with Crippen LogP contribution in [0.25, 0.3) is 0 Å². The maximum Gasteiger partial charge on any atom is 0.314 e. The molecule has 0 radical (unpaired) electrons. The SMILES string of the molecule is CCOc1ccc(S(=O)(=O)N2CCC(C(=O)Oc3ccccc3C)CC2)cc1. The van der Waals surface area contributed by atoms with Crippen LogP contribution in [0.3, 0.4) is 0 Å². The molecule has 0 saturated carbocycles. The van der Waals surface area contributed by atoms with E-state index in [9.17, 15) is 13.2 Å². The third-order valence-corrected chi connectivity index (χ3v) is 6.78. The van der Waals surface area contributed by atoms with Gasteiger partial charge in [0.15, 0.2) is 0 Å². The van der Waals surface area contributed by atoms with Gasteiger partial charge in [-0.25, -0.2) is 8.42 Å². The molecular weight excluding hydrogens is 378 g/mol. The maximum atomic E-state index is 12.8. The van der Waals surface area contributed by atoms with E-state index in [4.69, 9.17) is 9.47 Å². The summed E-state index contributed by atoms with van der Waals surface area (Å²) in [4.78, 5) is 12.7. The van der Waals surface area contributed by atoms with Gasteiger partial charge in [-0.05, 0) is 62.6 Å². The van der Waals surface area contributed by atoms with Gasteiger partial charge in [0.2, 0.25) is 10.0 Å². The molecule has 0 aliphatic carbocycles. The lowest BCUT2D eigenvalue weighted by Crippen LogP contribution is -2.41. The van der Waals surface area contributed by atoms with Crippen LogP contribution in [0.4, 0.5) is 0 Å². The molecule has 0 amide bonds. The van der Waals surface area contributed by atoms with Crippen LogP contribution in [-0.4, -0.2) is 38.4 Å². The molecule has 1 aliphatic heterocycles. The summed E-state index contributed by atoms with van der Waals surface area (Å²) in [6.07, 6.45) is 0.891. The molecule has 6 nitrogen and oxygen atoms in total. The van der Waals surface area contributed by atoms with Crippen molar-refractivity contribution in [1.29, 1.82) is 0 Å². The average molecular weight is 404 g/mol. The minimum Gasteiger partial charge on any atom is -0.494 e. The number of aryl methyl sites for hydroxylation is 1. The average Bonchev–Trinajstić information content (AvgIpc) is 2.70. The predicted molar refractivity (Wildman–Crippen MR) is 106 cm³/mol. The molecule has 1 aliphatic rings. The van der Waals surface area contributed by atoms with Crippen LogP contribution in [-0.2, 0) is 14.8 Å². The van der Waals surface area contributed by atoms with Crippen molar-refractivity contribution in [2.24, 2.45) is 5.92 Å². The van der Waals surface area contributed by atoms with Gasteiger partial charge in [0.25, 0.3) is 0 Å². The van der Waals surface area contributed by atoms with Crippen LogP contribution >= 0.6 is 0 Å². The standard InChI is InChI=1S/C21H25NO5S/c1-3-26-18-8-10-19(11-9-18)28(24,25)22-14-12-17(13-15-22)21(23)27-20-7-5-4-6-16(20)2/h4-11,17H,3,12-15H2,1-2H3. The molecule has 0 atom stereocenters. The Hall–Kier alpha value is -2.38. The van der Waals surface area contributed by atoms with E-state index in [1.54, 1.807) is 30.3 Å². The number of sulfonamides is 1. The van der Waals surface area contributed by atoms with Crippen LogP contribution < -0.4 is 9.47 Å². The Balaban J connectivity index is 1.61. The van der Waals surface area contributed by atoms with Crippen molar-refractivity contribution in [2.45, 2.75) is 31.6 Å². The van der Waals surface area contributed by atoms with Crippen LogP contribution in [0.1, 0.15) is 25.3 Å². The van der Waals surface area contributed by atoms with Gasteiger partial charge in [0.05, 0.1) is 17.4 Å². The van der Waals surface area contributed by atoms with E-state index in [0.29, 0.717) is 44.0 Å². The number of para-hydroxylation sites is 1. The first kappa shape index (κ1) is 20.4. The van der Waals surface area contributed by atoms with Crippen molar-refractivity contribution in [3.63, 3.8) is 0 Å². The smallest absolute Gasteiger partial charge is 0.314 e. The number of benzene rings is 2. The predicted octanol–water partition coefficient (Wildman–Crippen LogP) is 3.40. The van der Waals surface area contributed by atoms with Gasteiger partial charge in [-0.3, -0.25) is 4.79 Å². The normalized spacial score (nSPS) is 15.9. The fourth-order valence-corrected chi connectivity index (χ4v) is 4.69. The number of piperidine rings is 1. The van der Waals surface area contributed by atoms with Gasteiger partial charge in [-0.1, -0.05) is 18.2 Å². The Bertz CT molecular complexity index is 916. The number of nitrogens with zero attached hydrogens (tertiary/aromatic N) is 1. The van der Waals surface area contributed by atoms with Gasteiger partial charge in [-0.15, -0.1) is 0 Å². The zero-order valence-electron chi connectivity index (χ0n) is 16.1. The zero-order chi connectivity index (χ0) is 20.1. The summed E-state index contributed by atoms with van der Waals surface area (Å²) < 4.78 is 38.0. The highest BCUT2D eigenvalue weighted by molar-refractivity contribution is 7.89. The van der Waals surface area contributed by atoms with E-state index in [1.807, 2.05) is 32.0 Å². The molecular formula is C21H25NO5S. The Labute approximate surface area is 166 Å². The first-order valence-electron chi connectivity index (χ1n) is 9.42. The van der Waals surface area contributed by atoms with Crippen molar-refractivity contribution in [3.8, 4) is 11.5 Å².